The second-order valence-corrected chi connectivity index (χ2v) is 4.77. The first-order valence-electron chi connectivity index (χ1n) is 6.32. The minimum atomic E-state index is -0.645. The fourth-order valence-corrected chi connectivity index (χ4v) is 2.16. The van der Waals surface area contributed by atoms with Crippen molar-refractivity contribution < 1.29 is 18.7 Å². The molecule has 0 amide bonds. The first kappa shape index (κ1) is 15.3. The monoisotopic (exact) mass is 308 g/mol. The highest BCUT2D eigenvalue weighted by Crippen LogP contribution is 2.26. The second kappa shape index (κ2) is 7.09. The van der Waals surface area contributed by atoms with Gasteiger partial charge in [0.15, 0.2) is 0 Å². The molecule has 2 rings (SSSR count). The molecule has 0 spiro atoms. The maximum atomic E-state index is 12.8. The van der Waals surface area contributed by atoms with Crippen molar-refractivity contribution in [2.24, 2.45) is 0 Å². The standard InChI is InChI=1S/C16H14ClFO3/c1-20-16(19)14(13-4-2-3-5-15(13)17)10-21-12-8-6-11(18)7-9-12/h2-9,14H,10H2,1H3. The van der Waals surface area contributed by atoms with Crippen LogP contribution in [-0.2, 0) is 9.53 Å². The highest BCUT2D eigenvalue weighted by molar-refractivity contribution is 6.31. The zero-order valence-corrected chi connectivity index (χ0v) is 12.1. The van der Waals surface area contributed by atoms with E-state index in [4.69, 9.17) is 21.1 Å². The molecule has 0 aliphatic rings. The number of halogens is 2. The summed E-state index contributed by atoms with van der Waals surface area (Å²) < 4.78 is 23.2. The molecule has 3 nitrogen and oxygen atoms in total. The molecule has 0 radical (unpaired) electrons. The van der Waals surface area contributed by atoms with Crippen molar-refractivity contribution in [3.8, 4) is 5.75 Å². The molecule has 0 saturated carbocycles. The van der Waals surface area contributed by atoms with E-state index in [1.807, 2.05) is 0 Å². The molecule has 1 atom stereocenters. The summed E-state index contributed by atoms with van der Waals surface area (Å²) in [5.74, 6) is -0.964. The fourth-order valence-electron chi connectivity index (χ4n) is 1.90. The molecule has 0 bridgehead atoms. The number of esters is 1. The van der Waals surface area contributed by atoms with Crippen LogP contribution in [0.1, 0.15) is 11.5 Å². The van der Waals surface area contributed by atoms with Crippen molar-refractivity contribution in [3.63, 3.8) is 0 Å². The Labute approximate surface area is 127 Å². The third-order valence-corrected chi connectivity index (χ3v) is 3.34. The van der Waals surface area contributed by atoms with Gasteiger partial charge in [0.2, 0.25) is 0 Å². The van der Waals surface area contributed by atoms with Gasteiger partial charge in [0, 0.05) is 5.02 Å². The topological polar surface area (TPSA) is 35.5 Å². The Bertz CT molecular complexity index is 613. The lowest BCUT2D eigenvalue weighted by Gasteiger charge is -2.17. The van der Waals surface area contributed by atoms with Gasteiger partial charge in [-0.25, -0.2) is 4.39 Å². The summed E-state index contributed by atoms with van der Waals surface area (Å²) >= 11 is 6.11. The largest absolute Gasteiger partial charge is 0.492 e. The van der Waals surface area contributed by atoms with Gasteiger partial charge in [-0.1, -0.05) is 29.8 Å². The third kappa shape index (κ3) is 3.95. The molecule has 0 aliphatic heterocycles. The van der Waals surface area contributed by atoms with Gasteiger partial charge >= 0.3 is 5.97 Å². The summed E-state index contributed by atoms with van der Waals surface area (Å²) in [5, 5.41) is 0.468. The Balaban J connectivity index is 2.16. The van der Waals surface area contributed by atoms with Gasteiger partial charge < -0.3 is 9.47 Å². The van der Waals surface area contributed by atoms with E-state index in [9.17, 15) is 9.18 Å². The third-order valence-electron chi connectivity index (χ3n) is 3.00. The number of hydrogen-bond donors (Lipinski definition) is 0. The number of ether oxygens (including phenoxy) is 2. The Kier molecular flexibility index (Phi) is 5.17. The number of hydrogen-bond acceptors (Lipinski definition) is 3. The second-order valence-electron chi connectivity index (χ2n) is 4.36. The predicted molar refractivity (Wildman–Crippen MR) is 78.1 cm³/mol. The van der Waals surface area contributed by atoms with Gasteiger partial charge in [-0.2, -0.15) is 0 Å². The van der Waals surface area contributed by atoms with Crippen molar-refractivity contribution in [2.45, 2.75) is 5.92 Å². The number of carbonyl (C=O) groups excluding carboxylic acids is 1. The van der Waals surface area contributed by atoms with Gasteiger partial charge in [0.25, 0.3) is 0 Å². The zero-order valence-electron chi connectivity index (χ0n) is 11.4. The van der Waals surface area contributed by atoms with Crippen molar-refractivity contribution in [1.29, 1.82) is 0 Å². The molecule has 0 fully saturated rings. The molecule has 0 aliphatic carbocycles. The lowest BCUT2D eigenvalue weighted by molar-refractivity contribution is -0.143. The van der Waals surface area contributed by atoms with E-state index in [-0.39, 0.29) is 12.4 Å². The first-order valence-corrected chi connectivity index (χ1v) is 6.70. The number of rotatable bonds is 5. The molecule has 0 aromatic heterocycles. The van der Waals surface area contributed by atoms with Crippen LogP contribution in [0.3, 0.4) is 0 Å². The fraction of sp³-hybridized carbons (Fsp3) is 0.188. The van der Waals surface area contributed by atoms with Crippen LogP contribution in [0.5, 0.6) is 5.75 Å². The molecule has 0 heterocycles. The molecule has 0 saturated heterocycles. The van der Waals surface area contributed by atoms with Crippen LogP contribution in [0.15, 0.2) is 48.5 Å². The van der Waals surface area contributed by atoms with Gasteiger partial charge in [-0.05, 0) is 35.9 Å². The Morgan fingerprint density at radius 1 is 1.19 bits per heavy atom. The molecule has 0 N–H and O–H groups in total. The Morgan fingerprint density at radius 2 is 1.86 bits per heavy atom. The Hall–Kier alpha value is -2.07. The molecular formula is C16H14ClFO3. The summed E-state index contributed by atoms with van der Waals surface area (Å²) in [4.78, 5) is 11.9. The van der Waals surface area contributed by atoms with Gasteiger partial charge in [-0.15, -0.1) is 0 Å². The predicted octanol–water partition coefficient (Wildman–Crippen LogP) is 3.81. The molecular weight excluding hydrogens is 295 g/mol. The number of methoxy groups -OCH3 is 1. The minimum Gasteiger partial charge on any atom is -0.492 e. The Morgan fingerprint density at radius 3 is 2.48 bits per heavy atom. The number of benzene rings is 2. The summed E-state index contributed by atoms with van der Waals surface area (Å²) in [5.41, 5.74) is 0.633. The van der Waals surface area contributed by atoms with E-state index in [0.29, 0.717) is 16.3 Å². The van der Waals surface area contributed by atoms with E-state index in [1.54, 1.807) is 24.3 Å². The maximum Gasteiger partial charge on any atom is 0.316 e. The van der Waals surface area contributed by atoms with E-state index >= 15 is 0 Å². The maximum absolute atomic E-state index is 12.8. The van der Waals surface area contributed by atoms with E-state index in [0.717, 1.165) is 0 Å². The molecule has 110 valence electrons. The van der Waals surface area contributed by atoms with Crippen LogP contribution in [0.2, 0.25) is 5.02 Å². The first-order chi connectivity index (χ1) is 10.1. The van der Waals surface area contributed by atoms with Crippen molar-refractivity contribution >= 4 is 17.6 Å². The molecule has 2 aromatic carbocycles. The SMILES string of the molecule is COC(=O)C(COc1ccc(F)cc1)c1ccccc1Cl. The van der Waals surface area contributed by atoms with Crippen LogP contribution in [0, 0.1) is 5.82 Å². The highest BCUT2D eigenvalue weighted by Gasteiger charge is 2.24. The van der Waals surface area contributed by atoms with Crippen LogP contribution >= 0.6 is 11.6 Å². The lowest BCUT2D eigenvalue weighted by atomic mass is 10.00. The van der Waals surface area contributed by atoms with Gasteiger partial charge in [-0.3, -0.25) is 4.79 Å². The highest BCUT2D eigenvalue weighted by atomic mass is 35.5. The molecule has 21 heavy (non-hydrogen) atoms. The summed E-state index contributed by atoms with van der Waals surface area (Å²) in [6, 6.07) is 12.6. The lowest BCUT2D eigenvalue weighted by Crippen LogP contribution is -2.21. The van der Waals surface area contributed by atoms with Crippen LogP contribution in [-0.4, -0.2) is 19.7 Å². The zero-order chi connectivity index (χ0) is 15.2. The normalized spacial score (nSPS) is 11.8. The summed E-state index contributed by atoms with van der Waals surface area (Å²) in [7, 11) is 1.31. The molecule has 5 heteroatoms. The molecule has 1 unspecified atom stereocenters. The smallest absolute Gasteiger partial charge is 0.316 e. The summed E-state index contributed by atoms with van der Waals surface area (Å²) in [6.07, 6.45) is 0. The van der Waals surface area contributed by atoms with Crippen LogP contribution in [0.4, 0.5) is 4.39 Å². The minimum absolute atomic E-state index is 0.0576. The van der Waals surface area contributed by atoms with Crippen molar-refractivity contribution in [1.82, 2.24) is 0 Å². The molecule has 2 aromatic rings. The average molecular weight is 309 g/mol. The van der Waals surface area contributed by atoms with Crippen LogP contribution in [0.25, 0.3) is 0 Å². The average Bonchev–Trinajstić information content (AvgIpc) is 2.50. The number of carbonyl (C=O) groups is 1. The quantitative estimate of drug-likeness (QED) is 0.788. The van der Waals surface area contributed by atoms with Crippen molar-refractivity contribution in [2.75, 3.05) is 13.7 Å². The van der Waals surface area contributed by atoms with Gasteiger partial charge in [0.1, 0.15) is 24.1 Å². The summed E-state index contributed by atoms with van der Waals surface area (Å²) in [6.45, 7) is 0.0576. The van der Waals surface area contributed by atoms with E-state index in [2.05, 4.69) is 0 Å². The van der Waals surface area contributed by atoms with Crippen LogP contribution < -0.4 is 4.74 Å². The van der Waals surface area contributed by atoms with Crippen molar-refractivity contribution in [3.05, 3.63) is 64.9 Å². The van der Waals surface area contributed by atoms with E-state index in [1.165, 1.54) is 31.4 Å². The van der Waals surface area contributed by atoms with Gasteiger partial charge in [0.05, 0.1) is 7.11 Å². The van der Waals surface area contributed by atoms with E-state index < -0.39 is 11.9 Å².